The van der Waals surface area contributed by atoms with Gasteiger partial charge in [-0.15, -0.1) is 11.6 Å². The van der Waals surface area contributed by atoms with Crippen LogP contribution in [0.3, 0.4) is 0 Å². The molecule has 2 bridgehead atoms. The van der Waals surface area contributed by atoms with Gasteiger partial charge >= 0.3 is 0 Å². The van der Waals surface area contributed by atoms with Crippen molar-refractivity contribution in [2.24, 2.45) is 16.7 Å². The number of carbonyl (C=O) groups excluding carboxylic acids is 1. The third-order valence-electron chi connectivity index (χ3n) is 5.80. The molecule has 0 aromatic carbocycles. The number of hydrogen-bond acceptors (Lipinski definition) is 3. The quantitative estimate of drug-likeness (QED) is 0.798. The molecule has 0 N–H and O–H groups in total. The number of alkyl halides is 1. The summed E-state index contributed by atoms with van der Waals surface area (Å²) >= 11 is 5.81. The van der Waals surface area contributed by atoms with Crippen molar-refractivity contribution in [1.29, 1.82) is 0 Å². The molecule has 0 radical (unpaired) electrons. The van der Waals surface area contributed by atoms with Gasteiger partial charge in [0.05, 0.1) is 17.0 Å². The van der Waals surface area contributed by atoms with Crippen LogP contribution < -0.4 is 0 Å². The van der Waals surface area contributed by atoms with Gasteiger partial charge in [0.2, 0.25) is 10.0 Å². The van der Waals surface area contributed by atoms with Crippen LogP contribution in [0.5, 0.6) is 0 Å². The molecule has 2 saturated carbocycles. The van der Waals surface area contributed by atoms with Crippen LogP contribution in [0, 0.1) is 16.7 Å². The highest BCUT2D eigenvalue weighted by atomic mass is 35.5. The lowest BCUT2D eigenvalue weighted by Crippen LogP contribution is -2.43. The van der Waals surface area contributed by atoms with Gasteiger partial charge in [0, 0.05) is 18.3 Å². The summed E-state index contributed by atoms with van der Waals surface area (Å²) in [4.78, 5) is 12.5. The number of fused-ring (bicyclic) bond motifs is 2. The Balaban J connectivity index is 2.01. The van der Waals surface area contributed by atoms with E-state index < -0.39 is 15.4 Å². The van der Waals surface area contributed by atoms with E-state index in [-0.39, 0.29) is 22.8 Å². The first-order chi connectivity index (χ1) is 9.74. The average molecular weight is 330 g/mol. The van der Waals surface area contributed by atoms with E-state index in [0.29, 0.717) is 24.5 Å². The summed E-state index contributed by atoms with van der Waals surface area (Å²) in [6, 6.07) is 3.37. The van der Waals surface area contributed by atoms with Gasteiger partial charge in [-0.2, -0.15) is 0 Å². The van der Waals surface area contributed by atoms with Gasteiger partial charge in [-0.3, -0.25) is 4.79 Å². The molecular formula is C15H20ClNO3S. The summed E-state index contributed by atoms with van der Waals surface area (Å²) in [5.41, 5.74) is -0.429. The molecule has 1 aromatic heterocycles. The van der Waals surface area contributed by atoms with Crippen molar-refractivity contribution in [1.82, 2.24) is 3.97 Å². The monoisotopic (exact) mass is 329 g/mol. The molecule has 0 amide bonds. The lowest BCUT2D eigenvalue weighted by Gasteiger charge is -2.36. The van der Waals surface area contributed by atoms with Crippen molar-refractivity contribution in [3.63, 3.8) is 0 Å². The highest BCUT2D eigenvalue weighted by Gasteiger charge is 2.65. The molecule has 2 fully saturated rings. The Morgan fingerprint density at radius 2 is 2.14 bits per heavy atom. The maximum atomic E-state index is 12.8. The van der Waals surface area contributed by atoms with E-state index in [0.717, 1.165) is 6.42 Å². The van der Waals surface area contributed by atoms with Gasteiger partial charge < -0.3 is 0 Å². The molecule has 116 valence electrons. The summed E-state index contributed by atoms with van der Waals surface area (Å²) in [5, 5.41) is 0. The first-order valence-corrected chi connectivity index (χ1v) is 9.38. The van der Waals surface area contributed by atoms with Gasteiger partial charge in [0.1, 0.15) is 5.78 Å². The molecular weight excluding hydrogens is 310 g/mol. The maximum Gasteiger partial charge on any atom is 0.239 e. The van der Waals surface area contributed by atoms with Gasteiger partial charge in [0.15, 0.2) is 0 Å². The second kappa shape index (κ2) is 4.59. The van der Waals surface area contributed by atoms with Crippen LogP contribution >= 0.6 is 11.6 Å². The summed E-state index contributed by atoms with van der Waals surface area (Å²) < 4.78 is 26.8. The summed E-state index contributed by atoms with van der Waals surface area (Å²) in [5.74, 6) is 0.462. The van der Waals surface area contributed by atoms with Crippen LogP contribution in [0.2, 0.25) is 0 Å². The number of ketones is 1. The molecule has 21 heavy (non-hydrogen) atoms. The fourth-order valence-corrected chi connectivity index (χ4v) is 6.73. The fraction of sp³-hybridized carbons (Fsp3) is 0.667. The topological polar surface area (TPSA) is 56.1 Å². The van der Waals surface area contributed by atoms with E-state index >= 15 is 0 Å². The summed E-state index contributed by atoms with van der Waals surface area (Å²) in [6.45, 7) is 4.09. The number of halogens is 1. The van der Waals surface area contributed by atoms with Gasteiger partial charge in [-0.25, -0.2) is 12.4 Å². The molecule has 0 unspecified atom stereocenters. The average Bonchev–Trinajstić information content (AvgIpc) is 3.01. The molecule has 0 spiro atoms. The lowest BCUT2D eigenvalue weighted by molar-refractivity contribution is -0.128. The van der Waals surface area contributed by atoms with Gasteiger partial charge in [0.25, 0.3) is 0 Å². The third-order valence-corrected chi connectivity index (χ3v) is 7.88. The molecule has 2 atom stereocenters. The molecule has 2 aliphatic rings. The van der Waals surface area contributed by atoms with E-state index in [2.05, 4.69) is 0 Å². The standard InChI is InChI=1S/C15H20ClNO3S/c1-14(2)11-5-6-15(14,13(18)8-11)10-21(19,20)17-7-3-4-12(17)9-16/h3-4,7,11H,5-6,8-10H2,1-2H3/t11-,15-/m1/s1. The maximum absolute atomic E-state index is 12.8. The molecule has 6 heteroatoms. The van der Waals surface area contributed by atoms with Gasteiger partial charge in [-0.05, 0) is 36.3 Å². The molecule has 2 aliphatic carbocycles. The number of carbonyl (C=O) groups is 1. The Morgan fingerprint density at radius 3 is 2.67 bits per heavy atom. The molecule has 4 nitrogen and oxygen atoms in total. The highest BCUT2D eigenvalue weighted by Crippen LogP contribution is 2.64. The van der Waals surface area contributed by atoms with Crippen molar-refractivity contribution in [2.45, 2.75) is 39.0 Å². The Kier molecular flexibility index (Phi) is 3.30. The van der Waals surface area contributed by atoms with Gasteiger partial charge in [-0.1, -0.05) is 13.8 Å². The first kappa shape index (κ1) is 15.1. The smallest absolute Gasteiger partial charge is 0.239 e. The summed E-state index contributed by atoms with van der Waals surface area (Å²) in [7, 11) is -3.58. The number of aromatic nitrogens is 1. The third kappa shape index (κ3) is 1.93. The predicted octanol–water partition coefficient (Wildman–Crippen LogP) is 2.80. The van der Waals surface area contributed by atoms with Crippen LogP contribution in [0.25, 0.3) is 0 Å². The van der Waals surface area contributed by atoms with Crippen LogP contribution in [0.15, 0.2) is 18.3 Å². The van der Waals surface area contributed by atoms with Crippen molar-refractivity contribution >= 4 is 27.4 Å². The number of rotatable bonds is 4. The van der Waals surface area contributed by atoms with Crippen LogP contribution in [-0.4, -0.2) is 23.9 Å². The van der Waals surface area contributed by atoms with Crippen molar-refractivity contribution < 1.29 is 13.2 Å². The van der Waals surface area contributed by atoms with Crippen molar-refractivity contribution in [3.05, 3.63) is 24.0 Å². The SMILES string of the molecule is CC1(C)[C@@H]2CC[C@@]1(CS(=O)(=O)n1cccc1CCl)C(=O)C2. The minimum Gasteiger partial charge on any atom is -0.299 e. The van der Waals surface area contributed by atoms with Crippen LogP contribution in [-0.2, 0) is 20.7 Å². The van der Waals surface area contributed by atoms with E-state index in [1.54, 1.807) is 12.1 Å². The van der Waals surface area contributed by atoms with E-state index in [9.17, 15) is 13.2 Å². The Morgan fingerprint density at radius 1 is 1.43 bits per heavy atom. The zero-order valence-corrected chi connectivity index (χ0v) is 13.9. The number of Topliss-reactive ketones (excluding diaryl/α,β-unsaturated/α-hetero) is 1. The zero-order valence-electron chi connectivity index (χ0n) is 12.3. The van der Waals surface area contributed by atoms with Crippen molar-refractivity contribution in [3.8, 4) is 0 Å². The lowest BCUT2D eigenvalue weighted by atomic mass is 9.70. The first-order valence-electron chi connectivity index (χ1n) is 7.23. The van der Waals surface area contributed by atoms with E-state index in [1.807, 2.05) is 13.8 Å². The normalized spacial score (nSPS) is 31.0. The molecule has 3 rings (SSSR count). The second-order valence-electron chi connectivity index (χ2n) is 6.85. The molecule has 0 saturated heterocycles. The Labute approximate surface area is 130 Å². The zero-order chi connectivity index (χ0) is 15.5. The minimum absolute atomic E-state index is 0.110. The molecule has 0 aliphatic heterocycles. The largest absolute Gasteiger partial charge is 0.299 e. The minimum atomic E-state index is -3.58. The summed E-state index contributed by atoms with van der Waals surface area (Å²) in [6.07, 6.45) is 3.67. The van der Waals surface area contributed by atoms with Crippen LogP contribution in [0.4, 0.5) is 0 Å². The van der Waals surface area contributed by atoms with E-state index in [1.165, 1.54) is 10.2 Å². The van der Waals surface area contributed by atoms with Crippen LogP contribution in [0.1, 0.15) is 38.8 Å². The Bertz CT molecular complexity index is 692. The number of hydrogen-bond donors (Lipinski definition) is 0. The highest BCUT2D eigenvalue weighted by molar-refractivity contribution is 7.90. The fourth-order valence-electron chi connectivity index (χ4n) is 4.27. The molecule has 1 aromatic rings. The second-order valence-corrected chi connectivity index (χ2v) is 8.97. The van der Waals surface area contributed by atoms with E-state index in [4.69, 9.17) is 11.6 Å². The Hall–Kier alpha value is -0.810. The number of nitrogens with zero attached hydrogens (tertiary/aromatic N) is 1. The molecule has 1 heterocycles. The van der Waals surface area contributed by atoms with Crippen molar-refractivity contribution in [2.75, 3.05) is 5.75 Å². The predicted molar refractivity (Wildman–Crippen MR) is 81.7 cm³/mol.